The quantitative estimate of drug-likeness (QED) is 0.144. The summed E-state index contributed by atoms with van der Waals surface area (Å²) < 4.78 is 107. The van der Waals surface area contributed by atoms with Gasteiger partial charge in [0.25, 0.3) is 0 Å². The maximum atomic E-state index is 17.7. The molecule has 0 radical (unpaired) electrons. The van der Waals surface area contributed by atoms with Gasteiger partial charge >= 0.3 is 12.1 Å². The molecule has 0 aliphatic carbocycles. The second-order valence-corrected chi connectivity index (χ2v) is 18.4. The second kappa shape index (κ2) is 17.1. The number of carbonyl (C=O) groups is 1. The molecule has 19 heteroatoms. The van der Waals surface area contributed by atoms with E-state index in [-0.39, 0.29) is 98.0 Å². The number of benzene rings is 2. The summed E-state index contributed by atoms with van der Waals surface area (Å²) in [4.78, 5) is 25.7. The number of alkyl halides is 3. The Labute approximate surface area is 358 Å². The van der Waals surface area contributed by atoms with Crippen LogP contribution in [-0.4, -0.2) is 103 Å². The maximum Gasteiger partial charge on any atom is 0.412 e. The number of hydrogen-bond donors (Lipinski definition) is 1. The highest BCUT2D eigenvalue weighted by Crippen LogP contribution is 2.52. The average molecular weight is 893 g/mol. The fourth-order valence-corrected chi connectivity index (χ4v) is 10.4. The lowest BCUT2D eigenvalue weighted by Crippen LogP contribution is -2.49. The van der Waals surface area contributed by atoms with Gasteiger partial charge in [0.2, 0.25) is 6.43 Å². The Morgan fingerprint density at radius 2 is 2.00 bits per heavy atom. The number of hydrogen-bond acceptors (Lipinski definition) is 12. The predicted molar refractivity (Wildman–Crippen MR) is 220 cm³/mol. The molecule has 0 spiro atoms. The van der Waals surface area contributed by atoms with Crippen molar-refractivity contribution in [1.29, 1.82) is 5.26 Å². The van der Waals surface area contributed by atoms with E-state index >= 15 is 8.78 Å². The molecule has 1 N–H and O–H groups in total. The zero-order valence-corrected chi connectivity index (χ0v) is 35.7. The number of nitrogens with zero attached hydrogens (tertiary/aromatic N) is 5. The molecular weight excluding hydrogens is 847 g/mol. The minimum absolute atomic E-state index is 0.00225. The van der Waals surface area contributed by atoms with Crippen LogP contribution >= 0.6 is 22.9 Å². The number of amides is 1. The topological polar surface area (TPSA) is 131 Å². The van der Waals surface area contributed by atoms with Gasteiger partial charge in [0, 0.05) is 43.5 Å². The van der Waals surface area contributed by atoms with Crippen LogP contribution < -0.4 is 19.7 Å². The van der Waals surface area contributed by atoms with Gasteiger partial charge in [0.05, 0.1) is 38.4 Å². The molecule has 2 aromatic heterocycles. The van der Waals surface area contributed by atoms with Crippen LogP contribution in [0.3, 0.4) is 0 Å². The Balaban J connectivity index is 1.31. The van der Waals surface area contributed by atoms with Crippen LogP contribution in [0.5, 0.6) is 11.8 Å². The van der Waals surface area contributed by atoms with E-state index in [1.165, 1.54) is 6.07 Å². The first-order chi connectivity index (χ1) is 29.1. The number of nitriles is 1. The van der Waals surface area contributed by atoms with E-state index in [4.69, 9.17) is 40.3 Å². The summed E-state index contributed by atoms with van der Waals surface area (Å²) in [6.45, 7) is 7.70. The van der Waals surface area contributed by atoms with Crippen LogP contribution in [0.25, 0.3) is 32.1 Å². The molecule has 3 saturated heterocycles. The summed E-state index contributed by atoms with van der Waals surface area (Å²) in [6, 6.07) is 3.29. The monoisotopic (exact) mass is 892 g/mol. The van der Waals surface area contributed by atoms with Crippen LogP contribution in [0, 0.1) is 23.0 Å². The molecule has 61 heavy (non-hydrogen) atoms. The van der Waals surface area contributed by atoms with Gasteiger partial charge in [-0.3, -0.25) is 10.2 Å². The van der Waals surface area contributed by atoms with Crippen molar-refractivity contribution in [3.63, 3.8) is 0 Å². The second-order valence-electron chi connectivity index (χ2n) is 17.0. The van der Waals surface area contributed by atoms with E-state index in [9.17, 15) is 23.2 Å². The molecule has 0 saturated carbocycles. The number of nitrogens with one attached hydrogen (secondary N) is 1. The number of anilines is 2. The minimum atomic E-state index is -2.71. The van der Waals surface area contributed by atoms with Gasteiger partial charge < -0.3 is 28.6 Å². The van der Waals surface area contributed by atoms with Crippen LogP contribution in [0.1, 0.15) is 78.2 Å². The number of ether oxygens (including phenoxy) is 5. The summed E-state index contributed by atoms with van der Waals surface area (Å²) in [7, 11) is 0. The van der Waals surface area contributed by atoms with Gasteiger partial charge in [-0.1, -0.05) is 17.7 Å². The number of aromatic nitrogens is 2. The fourth-order valence-electron chi connectivity index (χ4n) is 8.96. The zero-order chi connectivity index (χ0) is 43.4. The number of fused-ring (bicyclic) bond motifs is 2. The molecule has 8 rings (SSSR count). The van der Waals surface area contributed by atoms with Crippen molar-refractivity contribution in [3.8, 4) is 29.0 Å². The first-order valence-electron chi connectivity index (χ1n) is 20.4. The number of rotatable bonds is 11. The Bertz CT molecular complexity index is 2370. The van der Waals surface area contributed by atoms with Crippen LogP contribution in [0.2, 0.25) is 5.02 Å². The largest absolute Gasteiger partial charge is 0.489 e. The highest BCUT2D eigenvalue weighted by atomic mass is 35.5. The van der Waals surface area contributed by atoms with E-state index < -0.39 is 66.3 Å². The summed E-state index contributed by atoms with van der Waals surface area (Å²) in [5.74, 6) is -1.86. The lowest BCUT2D eigenvalue weighted by Gasteiger charge is -2.37. The maximum absolute atomic E-state index is 17.7. The first kappa shape index (κ1) is 43.4. The van der Waals surface area contributed by atoms with Gasteiger partial charge in [0.15, 0.2) is 17.9 Å². The average Bonchev–Trinajstić information content (AvgIpc) is 3.82. The number of thiophene rings is 1. The normalized spacial score (nSPS) is 23.5. The lowest BCUT2D eigenvalue weighted by atomic mass is 9.95. The van der Waals surface area contributed by atoms with Crippen molar-refractivity contribution in [2.75, 3.05) is 49.7 Å². The van der Waals surface area contributed by atoms with Crippen molar-refractivity contribution in [1.82, 2.24) is 14.9 Å². The van der Waals surface area contributed by atoms with E-state index in [1.54, 1.807) is 32.6 Å². The highest BCUT2D eigenvalue weighted by molar-refractivity contribution is 7.23. The molecular formula is C42H46ClF5N6O6S. The van der Waals surface area contributed by atoms with E-state index in [1.807, 2.05) is 11.0 Å². The minimum Gasteiger partial charge on any atom is -0.489 e. The molecule has 4 aliphatic rings. The smallest absolute Gasteiger partial charge is 0.412 e. The summed E-state index contributed by atoms with van der Waals surface area (Å²) in [5.41, 5.74) is -2.38. The molecule has 6 heterocycles. The number of halogens is 6. The van der Waals surface area contributed by atoms with Gasteiger partial charge in [-0.15, -0.1) is 11.3 Å². The summed E-state index contributed by atoms with van der Waals surface area (Å²) in [5, 5.41) is 12.6. The SMILES string of the molecule is C[C@@H](OC1CCCCO1)[C@H]1COc2c(Cl)c(-c3ccc(F)c4sc(NC(=O)OC(C)(C)C)c(C#N)c34)c(F)c3nc(OC[C@@]45CCCN4C[C@H](F)C5)nc(c23)N1CCC(F)F. The molecule has 5 atom stereocenters. The van der Waals surface area contributed by atoms with E-state index in [2.05, 4.69) is 10.3 Å². The Hall–Kier alpha value is -4.28. The molecule has 12 nitrogen and oxygen atoms in total. The molecule has 0 bridgehead atoms. The van der Waals surface area contributed by atoms with Crippen molar-refractivity contribution >= 4 is 60.8 Å². The highest BCUT2D eigenvalue weighted by Gasteiger charge is 2.49. The van der Waals surface area contributed by atoms with Gasteiger partial charge in [-0.2, -0.15) is 15.2 Å². The van der Waals surface area contributed by atoms with Crippen LogP contribution in [0.15, 0.2) is 12.1 Å². The molecule has 3 fully saturated rings. The summed E-state index contributed by atoms with van der Waals surface area (Å²) in [6.07, 6.45) is -2.42. The Kier molecular flexibility index (Phi) is 12.2. The third kappa shape index (κ3) is 8.48. The van der Waals surface area contributed by atoms with Crippen LogP contribution in [0.4, 0.5) is 37.6 Å². The van der Waals surface area contributed by atoms with Crippen molar-refractivity contribution < 1.29 is 50.4 Å². The molecule has 1 amide bonds. The lowest BCUT2D eigenvalue weighted by molar-refractivity contribution is -0.189. The van der Waals surface area contributed by atoms with E-state index in [0.29, 0.717) is 26.0 Å². The Morgan fingerprint density at radius 1 is 1.20 bits per heavy atom. The van der Waals surface area contributed by atoms with Crippen LogP contribution in [-0.2, 0) is 14.2 Å². The predicted octanol–water partition coefficient (Wildman–Crippen LogP) is 9.77. The van der Waals surface area contributed by atoms with Crippen molar-refractivity contribution in [2.24, 2.45) is 0 Å². The molecule has 4 aromatic rings. The van der Waals surface area contributed by atoms with Gasteiger partial charge in [0.1, 0.15) is 53.2 Å². The third-order valence-electron chi connectivity index (χ3n) is 11.7. The van der Waals surface area contributed by atoms with Crippen molar-refractivity contribution in [2.45, 2.75) is 115 Å². The summed E-state index contributed by atoms with van der Waals surface area (Å²) >= 11 is 7.94. The Morgan fingerprint density at radius 3 is 2.72 bits per heavy atom. The first-order valence-corrected chi connectivity index (χ1v) is 21.6. The third-order valence-corrected chi connectivity index (χ3v) is 13.1. The van der Waals surface area contributed by atoms with Gasteiger partial charge in [-0.25, -0.2) is 26.7 Å². The molecule has 328 valence electrons. The van der Waals surface area contributed by atoms with Crippen molar-refractivity contribution in [3.05, 3.63) is 34.4 Å². The van der Waals surface area contributed by atoms with Gasteiger partial charge in [-0.05, 0) is 78.0 Å². The zero-order valence-electron chi connectivity index (χ0n) is 34.1. The molecule has 4 aliphatic heterocycles. The van der Waals surface area contributed by atoms with E-state index in [0.717, 1.165) is 36.7 Å². The molecule has 1 unspecified atom stereocenters. The fraction of sp³-hybridized carbons (Fsp3) is 0.571. The number of carbonyl (C=O) groups excluding carboxylic acids is 1. The molecule has 2 aromatic carbocycles. The standard InChI is InChI=1S/C42H46ClF5N6O6S/c1-21(59-28-8-5-6-15-56-28)26-19-57-35-31-34(50-39(51-37(31)54(26)14-11-27(46)47)58-20-42-12-7-13-53(42)18-22(44)16-42)33(48)30(32(35)43)23-9-10-25(45)36-29(23)24(17-49)38(61-36)52-40(55)60-41(2,3)4/h9-10,21-22,26-28H,5-8,11-16,18-20H2,1-4H3,(H,52,55)/t21-,22-,26-,28?,42+/m1/s1.